The number of hydrogen-bond donors (Lipinski definition) is 0. The summed E-state index contributed by atoms with van der Waals surface area (Å²) in [6.45, 7) is 4.41. The van der Waals surface area contributed by atoms with Crippen molar-refractivity contribution in [1.29, 1.82) is 0 Å². The van der Waals surface area contributed by atoms with Crippen LogP contribution < -0.4 is 5.56 Å². The molecule has 0 atom stereocenters. The molecule has 4 aromatic rings. The van der Waals surface area contributed by atoms with Gasteiger partial charge in [0.2, 0.25) is 0 Å². The average Bonchev–Trinajstić information content (AvgIpc) is 3.17. The van der Waals surface area contributed by atoms with Crippen LogP contribution in [0.3, 0.4) is 0 Å². The Kier molecular flexibility index (Phi) is 4.19. The van der Waals surface area contributed by atoms with Crippen LogP contribution in [0.2, 0.25) is 5.02 Å². The normalized spacial score (nSPS) is 11.3. The average molecular weight is 388 g/mol. The minimum atomic E-state index is -0.00658. The van der Waals surface area contributed by atoms with Crippen LogP contribution in [-0.4, -0.2) is 14.5 Å². The fourth-order valence-corrected chi connectivity index (χ4v) is 4.59. The molecule has 4 nitrogen and oxygen atoms in total. The number of aryl methyl sites for hydroxylation is 2. The first-order chi connectivity index (χ1) is 12.0. The van der Waals surface area contributed by atoms with E-state index in [2.05, 4.69) is 9.97 Å². The van der Waals surface area contributed by atoms with E-state index in [0.29, 0.717) is 11.6 Å². The molecule has 25 heavy (non-hydrogen) atoms. The third-order valence-electron chi connectivity index (χ3n) is 4.13. The molecule has 0 saturated carbocycles. The topological polar surface area (TPSA) is 47.8 Å². The number of halogens is 1. The van der Waals surface area contributed by atoms with Crippen molar-refractivity contribution in [3.8, 4) is 10.6 Å². The van der Waals surface area contributed by atoms with Crippen LogP contribution in [0.4, 0.5) is 0 Å². The van der Waals surface area contributed by atoms with Crippen molar-refractivity contribution in [3.63, 3.8) is 0 Å². The van der Waals surface area contributed by atoms with Crippen LogP contribution in [0, 0.1) is 13.8 Å². The summed E-state index contributed by atoms with van der Waals surface area (Å²) in [5.74, 6) is 0. The van der Waals surface area contributed by atoms with Gasteiger partial charge < -0.3 is 0 Å². The van der Waals surface area contributed by atoms with E-state index in [4.69, 9.17) is 11.6 Å². The summed E-state index contributed by atoms with van der Waals surface area (Å²) in [5.41, 5.74) is 2.88. The minimum Gasteiger partial charge on any atom is -0.293 e. The van der Waals surface area contributed by atoms with Gasteiger partial charge in [0.05, 0.1) is 24.0 Å². The highest BCUT2D eigenvalue weighted by atomic mass is 35.5. The lowest BCUT2D eigenvalue weighted by Crippen LogP contribution is -2.21. The van der Waals surface area contributed by atoms with Crippen LogP contribution in [0.5, 0.6) is 0 Å². The molecule has 3 aromatic heterocycles. The highest BCUT2D eigenvalue weighted by Crippen LogP contribution is 2.27. The summed E-state index contributed by atoms with van der Waals surface area (Å²) >= 11 is 9.05. The van der Waals surface area contributed by atoms with Crippen molar-refractivity contribution in [1.82, 2.24) is 14.5 Å². The minimum absolute atomic E-state index is 0.00658. The maximum atomic E-state index is 12.8. The maximum Gasteiger partial charge on any atom is 0.262 e. The summed E-state index contributed by atoms with van der Waals surface area (Å²) < 4.78 is 1.63. The second-order valence-electron chi connectivity index (χ2n) is 5.79. The van der Waals surface area contributed by atoms with Crippen LogP contribution in [0.15, 0.2) is 40.8 Å². The Morgan fingerprint density at radius 3 is 2.72 bits per heavy atom. The molecule has 0 spiro atoms. The molecular formula is C18H14ClN3OS2. The number of thiazole rings is 1. The van der Waals surface area contributed by atoms with Gasteiger partial charge in [0.1, 0.15) is 9.84 Å². The van der Waals surface area contributed by atoms with Crippen LogP contribution in [0.25, 0.3) is 20.8 Å². The molecule has 1 aromatic carbocycles. The first-order valence-electron chi connectivity index (χ1n) is 7.68. The van der Waals surface area contributed by atoms with E-state index in [1.54, 1.807) is 33.6 Å². The van der Waals surface area contributed by atoms with Crippen LogP contribution in [0.1, 0.15) is 16.1 Å². The predicted molar refractivity (Wildman–Crippen MR) is 105 cm³/mol. The lowest BCUT2D eigenvalue weighted by molar-refractivity contribution is 0.735. The van der Waals surface area contributed by atoms with E-state index in [1.807, 2.05) is 43.5 Å². The number of rotatable bonds is 3. The first kappa shape index (κ1) is 16.4. The molecule has 0 aliphatic carbocycles. The zero-order valence-electron chi connectivity index (χ0n) is 13.6. The zero-order valence-corrected chi connectivity index (χ0v) is 16.0. The number of benzene rings is 1. The molecule has 0 amide bonds. The summed E-state index contributed by atoms with van der Waals surface area (Å²) in [4.78, 5) is 23.8. The molecule has 0 N–H and O–H groups in total. The fraction of sp³-hybridized carbons (Fsp3) is 0.167. The third-order valence-corrected chi connectivity index (χ3v) is 6.44. The maximum absolute atomic E-state index is 12.8. The summed E-state index contributed by atoms with van der Waals surface area (Å²) in [6, 6.07) is 7.59. The van der Waals surface area contributed by atoms with Crippen LogP contribution in [-0.2, 0) is 6.54 Å². The fourth-order valence-electron chi connectivity index (χ4n) is 2.66. The van der Waals surface area contributed by atoms with Crippen LogP contribution >= 0.6 is 34.3 Å². The number of thiophene rings is 1. The number of fused-ring (bicyclic) bond motifs is 1. The van der Waals surface area contributed by atoms with Gasteiger partial charge in [-0.3, -0.25) is 9.36 Å². The highest BCUT2D eigenvalue weighted by molar-refractivity contribution is 7.18. The molecular weight excluding hydrogens is 374 g/mol. The van der Waals surface area contributed by atoms with Crippen molar-refractivity contribution < 1.29 is 0 Å². The van der Waals surface area contributed by atoms with Gasteiger partial charge >= 0.3 is 0 Å². The van der Waals surface area contributed by atoms with E-state index >= 15 is 0 Å². The Balaban J connectivity index is 1.68. The smallest absolute Gasteiger partial charge is 0.262 e. The zero-order chi connectivity index (χ0) is 17.6. The molecule has 0 bridgehead atoms. The van der Waals surface area contributed by atoms with Gasteiger partial charge in [-0.2, -0.15) is 0 Å². The standard InChI is InChI=1S/C18H14ClN3OS2/c1-10-11(2)25-17-15(10)18(23)22(9-20-17)7-14-8-24-16(21-14)12-3-5-13(19)6-4-12/h3-6,8-9H,7H2,1-2H3. The SMILES string of the molecule is Cc1sc2ncn(Cc3csc(-c4ccc(Cl)cc4)n3)c(=O)c2c1C. The lowest BCUT2D eigenvalue weighted by atomic mass is 10.2. The molecule has 0 saturated heterocycles. The Bertz CT molecular complexity index is 1130. The molecule has 0 radical (unpaired) electrons. The molecule has 0 aliphatic rings. The van der Waals surface area contributed by atoms with E-state index in [0.717, 1.165) is 36.9 Å². The Labute approximate surface area is 157 Å². The Morgan fingerprint density at radius 2 is 1.96 bits per heavy atom. The summed E-state index contributed by atoms with van der Waals surface area (Å²) in [6.07, 6.45) is 1.61. The molecule has 3 heterocycles. The largest absolute Gasteiger partial charge is 0.293 e. The Hall–Kier alpha value is -2.02. The van der Waals surface area contributed by atoms with Crippen molar-refractivity contribution in [2.45, 2.75) is 20.4 Å². The number of nitrogens with zero attached hydrogens (tertiary/aromatic N) is 3. The van der Waals surface area contributed by atoms with Gasteiger partial charge in [-0.05, 0) is 31.5 Å². The lowest BCUT2D eigenvalue weighted by Gasteiger charge is -2.03. The van der Waals surface area contributed by atoms with E-state index < -0.39 is 0 Å². The summed E-state index contributed by atoms with van der Waals surface area (Å²) in [5, 5.41) is 4.31. The van der Waals surface area contributed by atoms with E-state index in [-0.39, 0.29) is 5.56 Å². The van der Waals surface area contributed by atoms with Gasteiger partial charge in [0.15, 0.2) is 0 Å². The monoisotopic (exact) mass is 387 g/mol. The molecule has 126 valence electrons. The molecule has 0 unspecified atom stereocenters. The van der Waals surface area contributed by atoms with Gasteiger partial charge in [-0.1, -0.05) is 23.7 Å². The molecule has 4 rings (SSSR count). The van der Waals surface area contributed by atoms with Crippen molar-refractivity contribution >= 4 is 44.5 Å². The van der Waals surface area contributed by atoms with Crippen molar-refractivity contribution in [3.05, 3.63) is 67.5 Å². The first-order valence-corrected chi connectivity index (χ1v) is 9.76. The Morgan fingerprint density at radius 1 is 1.20 bits per heavy atom. The predicted octanol–water partition coefficient (Wildman–Crippen LogP) is 4.90. The van der Waals surface area contributed by atoms with Gasteiger partial charge in [-0.25, -0.2) is 9.97 Å². The van der Waals surface area contributed by atoms with Gasteiger partial charge in [0.25, 0.3) is 5.56 Å². The second kappa shape index (κ2) is 6.37. The summed E-state index contributed by atoms with van der Waals surface area (Å²) in [7, 11) is 0. The van der Waals surface area contributed by atoms with E-state index in [9.17, 15) is 4.79 Å². The van der Waals surface area contributed by atoms with Crippen molar-refractivity contribution in [2.75, 3.05) is 0 Å². The number of aromatic nitrogens is 3. The third kappa shape index (κ3) is 3.01. The molecule has 7 heteroatoms. The van der Waals surface area contributed by atoms with Gasteiger partial charge in [-0.15, -0.1) is 22.7 Å². The molecule has 0 aliphatic heterocycles. The quantitative estimate of drug-likeness (QED) is 0.502. The van der Waals surface area contributed by atoms with Gasteiger partial charge in [0, 0.05) is 20.8 Å². The van der Waals surface area contributed by atoms with Crippen molar-refractivity contribution in [2.24, 2.45) is 0 Å². The van der Waals surface area contributed by atoms with E-state index in [1.165, 1.54) is 0 Å². The number of hydrogen-bond acceptors (Lipinski definition) is 5. The molecule has 0 fully saturated rings. The highest BCUT2D eigenvalue weighted by Gasteiger charge is 2.13. The second-order valence-corrected chi connectivity index (χ2v) is 8.29.